The zero-order valence-corrected chi connectivity index (χ0v) is 5.63. The van der Waals surface area contributed by atoms with Crippen molar-refractivity contribution in [1.29, 1.82) is 0 Å². The van der Waals surface area contributed by atoms with Gasteiger partial charge in [0.25, 0.3) is 0 Å². The van der Waals surface area contributed by atoms with Crippen LogP contribution in [-0.4, -0.2) is 24.0 Å². The van der Waals surface area contributed by atoms with Crippen LogP contribution in [0.15, 0.2) is 0 Å². The molecular formula is C6H12N2O. The second-order valence-electron chi connectivity index (χ2n) is 2.68. The van der Waals surface area contributed by atoms with Gasteiger partial charge in [0.2, 0.25) is 0 Å². The number of primary amides is 1. The van der Waals surface area contributed by atoms with Gasteiger partial charge in [0.05, 0.1) is 0 Å². The van der Waals surface area contributed by atoms with E-state index in [9.17, 15) is 4.79 Å². The van der Waals surface area contributed by atoms with Crippen LogP contribution in [0.25, 0.3) is 0 Å². The Balaban J connectivity index is 2.39. The number of urea groups is 1. The first kappa shape index (κ1) is 6.39. The molecule has 1 fully saturated rings. The smallest absolute Gasteiger partial charge is 0.314 e. The van der Waals surface area contributed by atoms with Crippen LogP contribution < -0.4 is 5.73 Å². The molecule has 9 heavy (non-hydrogen) atoms. The third-order valence-electron chi connectivity index (χ3n) is 1.74. The molecule has 3 heteroatoms. The number of hydrogen-bond donors (Lipinski definition) is 1. The Labute approximate surface area is 54.8 Å². The summed E-state index contributed by atoms with van der Waals surface area (Å²) in [6.07, 6.45) is 1.10. The van der Waals surface area contributed by atoms with Crippen LogP contribution in [0.3, 0.4) is 0 Å². The molecule has 1 atom stereocenters. The summed E-state index contributed by atoms with van der Waals surface area (Å²) in [5.74, 6) is 0.637. The lowest BCUT2D eigenvalue weighted by molar-refractivity contribution is 0.217. The fourth-order valence-corrected chi connectivity index (χ4v) is 1.14. The van der Waals surface area contributed by atoms with E-state index in [0.717, 1.165) is 19.5 Å². The molecule has 0 aromatic heterocycles. The summed E-state index contributed by atoms with van der Waals surface area (Å²) in [6, 6.07) is -0.278. The molecule has 0 radical (unpaired) electrons. The Kier molecular flexibility index (Phi) is 1.60. The van der Waals surface area contributed by atoms with E-state index in [1.807, 2.05) is 0 Å². The maximum absolute atomic E-state index is 10.5. The molecule has 1 aliphatic heterocycles. The lowest BCUT2D eigenvalue weighted by Gasteiger charge is -2.10. The van der Waals surface area contributed by atoms with Gasteiger partial charge in [-0.25, -0.2) is 4.79 Å². The molecule has 0 aromatic rings. The summed E-state index contributed by atoms with van der Waals surface area (Å²) in [5, 5.41) is 0. The van der Waals surface area contributed by atoms with Crippen molar-refractivity contribution in [2.45, 2.75) is 13.3 Å². The predicted molar refractivity (Wildman–Crippen MR) is 34.9 cm³/mol. The van der Waals surface area contributed by atoms with Gasteiger partial charge >= 0.3 is 6.03 Å². The van der Waals surface area contributed by atoms with Crippen molar-refractivity contribution in [3.63, 3.8) is 0 Å². The van der Waals surface area contributed by atoms with Gasteiger partial charge in [-0.1, -0.05) is 6.92 Å². The molecule has 1 aliphatic rings. The highest BCUT2D eigenvalue weighted by Crippen LogP contribution is 2.13. The highest BCUT2D eigenvalue weighted by atomic mass is 16.2. The Morgan fingerprint density at radius 2 is 2.44 bits per heavy atom. The fourth-order valence-electron chi connectivity index (χ4n) is 1.14. The molecule has 0 saturated carbocycles. The van der Waals surface area contributed by atoms with E-state index < -0.39 is 0 Å². The molecular weight excluding hydrogens is 116 g/mol. The molecule has 0 aliphatic carbocycles. The minimum atomic E-state index is -0.278. The summed E-state index contributed by atoms with van der Waals surface area (Å²) >= 11 is 0. The molecule has 52 valence electrons. The van der Waals surface area contributed by atoms with Crippen molar-refractivity contribution < 1.29 is 4.79 Å². The highest BCUT2D eigenvalue weighted by molar-refractivity contribution is 5.72. The maximum atomic E-state index is 10.5. The largest absolute Gasteiger partial charge is 0.351 e. The van der Waals surface area contributed by atoms with E-state index in [2.05, 4.69) is 6.92 Å². The number of rotatable bonds is 0. The summed E-state index contributed by atoms with van der Waals surface area (Å²) in [4.78, 5) is 12.2. The zero-order chi connectivity index (χ0) is 6.85. The lowest BCUT2D eigenvalue weighted by Crippen LogP contribution is -2.33. The molecule has 0 aromatic carbocycles. The van der Waals surface area contributed by atoms with Crippen molar-refractivity contribution in [1.82, 2.24) is 4.90 Å². The summed E-state index contributed by atoms with van der Waals surface area (Å²) in [6.45, 7) is 3.81. The van der Waals surface area contributed by atoms with Crippen molar-refractivity contribution >= 4 is 6.03 Å². The molecule has 0 spiro atoms. The summed E-state index contributed by atoms with van der Waals surface area (Å²) in [7, 11) is 0. The number of nitrogens with zero attached hydrogens (tertiary/aromatic N) is 1. The van der Waals surface area contributed by atoms with Gasteiger partial charge in [0.1, 0.15) is 0 Å². The highest BCUT2D eigenvalue weighted by Gasteiger charge is 2.20. The standard InChI is InChI=1S/C6H12N2O/c1-5-2-3-8(4-5)6(7)9/h5H,2-4H2,1H3,(H2,7,9)/t5-/m1/s1. The van der Waals surface area contributed by atoms with E-state index in [1.165, 1.54) is 0 Å². The molecule has 1 heterocycles. The van der Waals surface area contributed by atoms with E-state index in [1.54, 1.807) is 4.90 Å². The van der Waals surface area contributed by atoms with Crippen LogP contribution in [0, 0.1) is 5.92 Å². The Morgan fingerprint density at radius 1 is 1.78 bits per heavy atom. The average Bonchev–Trinajstić information content (AvgIpc) is 2.14. The third-order valence-corrected chi connectivity index (χ3v) is 1.74. The SMILES string of the molecule is C[C@@H]1CCN(C(N)=O)C1. The van der Waals surface area contributed by atoms with Crippen LogP contribution in [0.2, 0.25) is 0 Å². The predicted octanol–water partition coefficient (Wildman–Crippen LogP) is 0.407. The van der Waals surface area contributed by atoms with Crippen LogP contribution in [0.5, 0.6) is 0 Å². The lowest BCUT2D eigenvalue weighted by atomic mass is 10.2. The molecule has 3 nitrogen and oxygen atoms in total. The normalized spacial score (nSPS) is 26.8. The van der Waals surface area contributed by atoms with E-state index in [0.29, 0.717) is 5.92 Å². The minimum absolute atomic E-state index is 0.278. The van der Waals surface area contributed by atoms with Gasteiger partial charge in [0, 0.05) is 13.1 Å². The van der Waals surface area contributed by atoms with Gasteiger partial charge in [-0.2, -0.15) is 0 Å². The van der Waals surface area contributed by atoms with E-state index >= 15 is 0 Å². The van der Waals surface area contributed by atoms with E-state index in [-0.39, 0.29) is 6.03 Å². The van der Waals surface area contributed by atoms with Gasteiger partial charge in [-0.3, -0.25) is 0 Å². The summed E-state index contributed by atoms with van der Waals surface area (Å²) < 4.78 is 0. The fraction of sp³-hybridized carbons (Fsp3) is 0.833. The molecule has 1 rings (SSSR count). The molecule has 2 N–H and O–H groups in total. The van der Waals surface area contributed by atoms with Gasteiger partial charge in [-0.05, 0) is 12.3 Å². The summed E-state index contributed by atoms with van der Waals surface area (Å²) in [5.41, 5.74) is 5.05. The van der Waals surface area contributed by atoms with Crippen LogP contribution >= 0.6 is 0 Å². The quantitative estimate of drug-likeness (QED) is 0.504. The maximum Gasteiger partial charge on any atom is 0.314 e. The van der Waals surface area contributed by atoms with Crippen LogP contribution in [0.1, 0.15) is 13.3 Å². The first-order valence-corrected chi connectivity index (χ1v) is 3.24. The van der Waals surface area contributed by atoms with Crippen molar-refractivity contribution in [2.75, 3.05) is 13.1 Å². The Bertz CT molecular complexity index is 124. The first-order valence-electron chi connectivity index (χ1n) is 3.24. The first-order chi connectivity index (χ1) is 4.20. The van der Waals surface area contributed by atoms with E-state index in [4.69, 9.17) is 5.73 Å². The molecule has 2 amide bonds. The third kappa shape index (κ3) is 1.34. The molecule has 0 unspecified atom stereocenters. The topological polar surface area (TPSA) is 46.3 Å². The number of carbonyl (C=O) groups is 1. The number of hydrogen-bond acceptors (Lipinski definition) is 1. The van der Waals surface area contributed by atoms with Gasteiger partial charge in [-0.15, -0.1) is 0 Å². The molecule has 0 bridgehead atoms. The minimum Gasteiger partial charge on any atom is -0.351 e. The van der Waals surface area contributed by atoms with Crippen molar-refractivity contribution in [2.24, 2.45) is 11.7 Å². The van der Waals surface area contributed by atoms with Crippen LogP contribution in [0.4, 0.5) is 4.79 Å². The number of amides is 2. The van der Waals surface area contributed by atoms with Gasteiger partial charge in [0.15, 0.2) is 0 Å². The number of nitrogens with two attached hydrogens (primary N) is 1. The Morgan fingerprint density at radius 3 is 2.67 bits per heavy atom. The second-order valence-corrected chi connectivity index (χ2v) is 2.68. The van der Waals surface area contributed by atoms with Gasteiger partial charge < -0.3 is 10.6 Å². The van der Waals surface area contributed by atoms with Crippen LogP contribution in [-0.2, 0) is 0 Å². The number of likely N-dealkylation sites (tertiary alicyclic amines) is 1. The second kappa shape index (κ2) is 2.25. The van der Waals surface area contributed by atoms with Crippen molar-refractivity contribution in [3.8, 4) is 0 Å². The molecule has 1 saturated heterocycles. The average molecular weight is 128 g/mol. The zero-order valence-electron chi connectivity index (χ0n) is 5.63. The Hall–Kier alpha value is -0.730. The number of carbonyl (C=O) groups excluding carboxylic acids is 1. The monoisotopic (exact) mass is 128 g/mol. The van der Waals surface area contributed by atoms with Crippen molar-refractivity contribution in [3.05, 3.63) is 0 Å².